The maximum atomic E-state index is 11.9. The summed E-state index contributed by atoms with van der Waals surface area (Å²) in [6.07, 6.45) is 6.28. The van der Waals surface area contributed by atoms with Gasteiger partial charge in [0.05, 0.1) is 4.47 Å². The molecule has 0 aliphatic carbocycles. The van der Waals surface area contributed by atoms with Gasteiger partial charge in [-0.3, -0.25) is 14.2 Å². The predicted molar refractivity (Wildman–Crippen MR) is 74.8 cm³/mol. The molecule has 2 aromatic heterocycles. The molecule has 0 radical (unpaired) electrons. The summed E-state index contributed by atoms with van der Waals surface area (Å²) in [6, 6.07) is 1.88. The van der Waals surface area contributed by atoms with E-state index in [2.05, 4.69) is 31.4 Å². The second-order valence-corrected chi connectivity index (χ2v) is 4.91. The van der Waals surface area contributed by atoms with Gasteiger partial charge < -0.3 is 5.32 Å². The molecule has 2 aromatic rings. The number of nitrogens with zero attached hydrogens (tertiary/aromatic N) is 4. The number of rotatable bonds is 6. The molecule has 0 spiro atoms. The van der Waals surface area contributed by atoms with E-state index in [1.807, 2.05) is 23.9 Å². The molecule has 6 nitrogen and oxygen atoms in total. The van der Waals surface area contributed by atoms with Crippen LogP contribution in [0.15, 0.2) is 29.1 Å². The molecule has 2 rings (SSSR count). The zero-order valence-corrected chi connectivity index (χ0v) is 12.3. The van der Waals surface area contributed by atoms with Crippen LogP contribution < -0.4 is 5.32 Å². The Morgan fingerprint density at radius 3 is 2.95 bits per heavy atom. The molecule has 7 heteroatoms. The Kier molecular flexibility index (Phi) is 4.73. The lowest BCUT2D eigenvalue weighted by molar-refractivity contribution is 0.0946. The zero-order valence-electron chi connectivity index (χ0n) is 10.7. The van der Waals surface area contributed by atoms with Gasteiger partial charge in [0.25, 0.3) is 5.91 Å². The highest BCUT2D eigenvalue weighted by Crippen LogP contribution is 2.14. The molecule has 0 aliphatic rings. The predicted octanol–water partition coefficient (Wildman–Crippen LogP) is 1.68. The lowest BCUT2D eigenvalue weighted by Gasteiger charge is -2.04. The van der Waals surface area contributed by atoms with E-state index < -0.39 is 0 Å². The highest BCUT2D eigenvalue weighted by atomic mass is 79.9. The molecule has 0 atom stereocenters. The summed E-state index contributed by atoms with van der Waals surface area (Å²) in [4.78, 5) is 11.9. The first-order valence-electron chi connectivity index (χ1n) is 6.19. The third-order valence-corrected chi connectivity index (χ3v) is 3.25. The largest absolute Gasteiger partial charge is 0.351 e. The molecule has 0 fully saturated rings. The topological polar surface area (TPSA) is 64.7 Å². The molecule has 0 saturated carbocycles. The van der Waals surface area contributed by atoms with Crippen LogP contribution in [0.3, 0.4) is 0 Å². The zero-order chi connectivity index (χ0) is 13.7. The lowest BCUT2D eigenvalue weighted by Crippen LogP contribution is -2.26. The van der Waals surface area contributed by atoms with Crippen LogP contribution in [0.25, 0.3) is 0 Å². The van der Waals surface area contributed by atoms with Crippen LogP contribution in [-0.2, 0) is 13.1 Å². The van der Waals surface area contributed by atoms with Crippen molar-refractivity contribution in [2.45, 2.75) is 26.4 Å². The minimum absolute atomic E-state index is 0.153. The first-order chi connectivity index (χ1) is 9.20. The van der Waals surface area contributed by atoms with Gasteiger partial charge >= 0.3 is 0 Å². The van der Waals surface area contributed by atoms with Crippen molar-refractivity contribution in [3.05, 3.63) is 34.8 Å². The van der Waals surface area contributed by atoms with Crippen molar-refractivity contribution in [3.8, 4) is 0 Å². The summed E-state index contributed by atoms with van der Waals surface area (Å²) in [7, 11) is 0. The fourth-order valence-electron chi connectivity index (χ4n) is 1.67. The maximum absolute atomic E-state index is 11.9. The van der Waals surface area contributed by atoms with Crippen molar-refractivity contribution in [1.29, 1.82) is 0 Å². The summed E-state index contributed by atoms with van der Waals surface area (Å²) >= 11 is 3.34. The standard InChI is InChI=1S/C12H16BrN5O/c1-2-17-9-10(13)11(16-17)12(19)14-5-3-7-18-8-4-6-15-18/h4,6,8-9H,2-3,5,7H2,1H3,(H,14,19). The number of aromatic nitrogens is 4. The highest BCUT2D eigenvalue weighted by molar-refractivity contribution is 9.10. The van der Waals surface area contributed by atoms with Gasteiger partial charge in [-0.15, -0.1) is 0 Å². The molecule has 2 heterocycles. The summed E-state index contributed by atoms with van der Waals surface area (Å²) in [5, 5.41) is 11.2. The van der Waals surface area contributed by atoms with E-state index in [1.165, 1.54) is 0 Å². The number of carbonyl (C=O) groups is 1. The third-order valence-electron chi connectivity index (χ3n) is 2.66. The maximum Gasteiger partial charge on any atom is 0.272 e. The Hall–Kier alpha value is -1.63. The van der Waals surface area contributed by atoms with Gasteiger partial charge in [0.1, 0.15) is 0 Å². The van der Waals surface area contributed by atoms with Gasteiger partial charge in [0.2, 0.25) is 0 Å². The Bertz CT molecular complexity index is 534. The molecule has 0 aliphatic heterocycles. The number of amides is 1. The first kappa shape index (κ1) is 13.8. The monoisotopic (exact) mass is 325 g/mol. The lowest BCUT2D eigenvalue weighted by atomic mass is 10.3. The number of aryl methyl sites for hydroxylation is 2. The fourth-order valence-corrected chi connectivity index (χ4v) is 2.17. The molecule has 19 heavy (non-hydrogen) atoms. The SMILES string of the molecule is CCn1cc(Br)c(C(=O)NCCCn2cccn2)n1. The molecular formula is C12H16BrN5O. The van der Waals surface area contributed by atoms with Crippen LogP contribution in [-0.4, -0.2) is 32.0 Å². The van der Waals surface area contributed by atoms with Crippen LogP contribution in [0.1, 0.15) is 23.8 Å². The highest BCUT2D eigenvalue weighted by Gasteiger charge is 2.13. The molecule has 1 amide bonds. The minimum atomic E-state index is -0.153. The summed E-state index contributed by atoms with van der Waals surface area (Å²) in [5.41, 5.74) is 0.431. The Balaban J connectivity index is 1.79. The van der Waals surface area contributed by atoms with Crippen LogP contribution in [0.4, 0.5) is 0 Å². The van der Waals surface area contributed by atoms with E-state index in [0.717, 1.165) is 24.0 Å². The van der Waals surface area contributed by atoms with Crippen molar-refractivity contribution < 1.29 is 4.79 Å². The van der Waals surface area contributed by atoms with Crippen molar-refractivity contribution in [1.82, 2.24) is 24.9 Å². The molecule has 0 saturated heterocycles. The van der Waals surface area contributed by atoms with E-state index in [1.54, 1.807) is 17.1 Å². The number of halogens is 1. The number of nitrogens with one attached hydrogen (secondary N) is 1. The van der Waals surface area contributed by atoms with Crippen molar-refractivity contribution in [2.24, 2.45) is 0 Å². The van der Waals surface area contributed by atoms with Gasteiger partial charge in [0.15, 0.2) is 5.69 Å². The normalized spacial score (nSPS) is 10.6. The van der Waals surface area contributed by atoms with Gasteiger partial charge in [-0.2, -0.15) is 10.2 Å². The van der Waals surface area contributed by atoms with Gasteiger partial charge in [-0.1, -0.05) is 0 Å². The van der Waals surface area contributed by atoms with Gasteiger partial charge in [0, 0.05) is 38.2 Å². The Labute approximate surface area is 119 Å². The molecule has 102 valence electrons. The summed E-state index contributed by atoms with van der Waals surface area (Å²) < 4.78 is 4.29. The quantitative estimate of drug-likeness (QED) is 0.822. The minimum Gasteiger partial charge on any atom is -0.351 e. The average molecular weight is 326 g/mol. The van der Waals surface area contributed by atoms with E-state index in [4.69, 9.17) is 0 Å². The molecule has 1 N–H and O–H groups in total. The van der Waals surface area contributed by atoms with Crippen molar-refractivity contribution in [3.63, 3.8) is 0 Å². The van der Waals surface area contributed by atoms with E-state index in [0.29, 0.717) is 12.2 Å². The van der Waals surface area contributed by atoms with E-state index in [9.17, 15) is 4.79 Å². The summed E-state index contributed by atoms with van der Waals surface area (Å²) in [6.45, 7) is 4.11. The number of carbonyl (C=O) groups excluding carboxylic acids is 1. The number of hydrogen-bond acceptors (Lipinski definition) is 3. The van der Waals surface area contributed by atoms with Gasteiger partial charge in [-0.05, 0) is 35.3 Å². The summed E-state index contributed by atoms with van der Waals surface area (Å²) in [5.74, 6) is -0.153. The molecular weight excluding hydrogens is 310 g/mol. The van der Waals surface area contributed by atoms with E-state index >= 15 is 0 Å². The Morgan fingerprint density at radius 2 is 2.32 bits per heavy atom. The van der Waals surface area contributed by atoms with Crippen LogP contribution in [0.2, 0.25) is 0 Å². The second-order valence-electron chi connectivity index (χ2n) is 4.06. The van der Waals surface area contributed by atoms with Crippen LogP contribution in [0, 0.1) is 0 Å². The number of hydrogen-bond donors (Lipinski definition) is 1. The third kappa shape index (κ3) is 3.66. The Morgan fingerprint density at radius 1 is 1.47 bits per heavy atom. The first-order valence-corrected chi connectivity index (χ1v) is 6.98. The van der Waals surface area contributed by atoms with Crippen LogP contribution >= 0.6 is 15.9 Å². The van der Waals surface area contributed by atoms with Crippen LogP contribution in [0.5, 0.6) is 0 Å². The van der Waals surface area contributed by atoms with Gasteiger partial charge in [-0.25, -0.2) is 0 Å². The molecule has 0 bridgehead atoms. The second kappa shape index (κ2) is 6.51. The fraction of sp³-hybridized carbons (Fsp3) is 0.417. The van der Waals surface area contributed by atoms with Crippen molar-refractivity contribution in [2.75, 3.05) is 6.54 Å². The van der Waals surface area contributed by atoms with Crippen molar-refractivity contribution >= 4 is 21.8 Å². The van der Waals surface area contributed by atoms with E-state index in [-0.39, 0.29) is 5.91 Å². The molecule has 0 unspecified atom stereocenters. The smallest absolute Gasteiger partial charge is 0.272 e. The average Bonchev–Trinajstić information content (AvgIpc) is 3.03. The molecule has 0 aromatic carbocycles.